The molecule has 1 unspecified atom stereocenters. The maximum Gasteiger partial charge on any atom is 0.296 e. The molecule has 0 spiro atoms. The number of aromatic nitrogens is 4. The Balaban J connectivity index is 1.41. The van der Waals surface area contributed by atoms with Crippen LogP contribution in [0.4, 0.5) is 11.6 Å². The van der Waals surface area contributed by atoms with Gasteiger partial charge in [0.05, 0.1) is 7.11 Å². The predicted molar refractivity (Wildman–Crippen MR) is 149 cm³/mol. The number of nitrogen functional groups attached to an aromatic ring is 1. The summed E-state index contributed by atoms with van der Waals surface area (Å²) in [5.41, 5.74) is 10.00. The maximum atomic E-state index is 12.8. The van der Waals surface area contributed by atoms with E-state index in [-0.39, 0.29) is 17.9 Å². The predicted octanol–water partition coefficient (Wildman–Crippen LogP) is 3.71. The zero-order chi connectivity index (χ0) is 27.4. The van der Waals surface area contributed by atoms with Crippen LogP contribution in [0.25, 0.3) is 22.3 Å². The molecule has 3 aromatic heterocycles. The molecule has 1 aliphatic carbocycles. The molecule has 196 valence electrons. The van der Waals surface area contributed by atoms with Gasteiger partial charge in [0.1, 0.15) is 34.4 Å². The number of rotatable bonds is 6. The van der Waals surface area contributed by atoms with Gasteiger partial charge in [-0.25, -0.2) is 15.0 Å². The number of benzene rings is 1. The number of methoxy groups -OCH3 is 1. The summed E-state index contributed by atoms with van der Waals surface area (Å²) in [6.07, 6.45) is 9.35. The highest BCUT2D eigenvalue weighted by Crippen LogP contribution is 2.34. The molecule has 10 nitrogen and oxygen atoms in total. The molecule has 2 amide bonds. The number of fused-ring (bicyclic) bond motifs is 1. The van der Waals surface area contributed by atoms with Crippen molar-refractivity contribution in [1.29, 1.82) is 0 Å². The van der Waals surface area contributed by atoms with Crippen molar-refractivity contribution in [1.82, 2.24) is 24.7 Å². The Kier molecular flexibility index (Phi) is 7.23. The van der Waals surface area contributed by atoms with Crippen LogP contribution in [0.1, 0.15) is 42.4 Å². The second-order valence-electron chi connectivity index (χ2n) is 8.98. The molecular formula is C29H27N7O3. The van der Waals surface area contributed by atoms with Crippen LogP contribution in [-0.2, 0) is 4.79 Å². The van der Waals surface area contributed by atoms with Crippen molar-refractivity contribution in [2.75, 3.05) is 18.2 Å². The largest absolute Gasteiger partial charge is 0.497 e. The molecule has 4 N–H and O–H groups in total. The lowest BCUT2D eigenvalue weighted by Gasteiger charge is -2.21. The molecule has 0 saturated heterocycles. The minimum Gasteiger partial charge on any atom is -0.497 e. The Hall–Kier alpha value is -5.17. The molecular weight excluding hydrogens is 494 g/mol. The van der Waals surface area contributed by atoms with E-state index >= 15 is 0 Å². The van der Waals surface area contributed by atoms with Gasteiger partial charge in [-0.1, -0.05) is 24.1 Å². The van der Waals surface area contributed by atoms with Crippen LogP contribution in [0.2, 0.25) is 0 Å². The average Bonchev–Trinajstić information content (AvgIpc) is 3.35. The van der Waals surface area contributed by atoms with Crippen molar-refractivity contribution in [3.8, 4) is 28.8 Å². The molecule has 1 aromatic carbocycles. The van der Waals surface area contributed by atoms with Gasteiger partial charge >= 0.3 is 0 Å². The lowest BCUT2D eigenvalue weighted by molar-refractivity contribution is -0.116. The van der Waals surface area contributed by atoms with Crippen molar-refractivity contribution < 1.29 is 14.3 Å². The van der Waals surface area contributed by atoms with Gasteiger partial charge < -0.3 is 21.1 Å². The molecule has 1 atom stereocenters. The summed E-state index contributed by atoms with van der Waals surface area (Å²) in [6.45, 7) is 1.64. The highest BCUT2D eigenvalue weighted by atomic mass is 16.5. The molecule has 0 saturated carbocycles. The normalized spacial score (nSPS) is 14.6. The summed E-state index contributed by atoms with van der Waals surface area (Å²) < 4.78 is 7.13. The summed E-state index contributed by atoms with van der Waals surface area (Å²) in [7, 11) is 1.55. The molecule has 1 aliphatic rings. The number of imidazole rings is 1. The van der Waals surface area contributed by atoms with E-state index < -0.39 is 0 Å². The molecule has 0 fully saturated rings. The number of nitrogens with zero attached hydrogens (tertiary/aromatic N) is 4. The van der Waals surface area contributed by atoms with Crippen molar-refractivity contribution in [3.05, 3.63) is 72.5 Å². The Morgan fingerprint density at radius 3 is 2.69 bits per heavy atom. The molecule has 0 bridgehead atoms. The first-order valence-corrected chi connectivity index (χ1v) is 12.4. The Morgan fingerprint density at radius 2 is 1.97 bits per heavy atom. The average molecular weight is 522 g/mol. The summed E-state index contributed by atoms with van der Waals surface area (Å²) in [6, 6.07) is 10.5. The number of ether oxygens (including phenoxy) is 1. The highest BCUT2D eigenvalue weighted by molar-refractivity contribution is 6.04. The Morgan fingerprint density at radius 1 is 1.15 bits per heavy atom. The van der Waals surface area contributed by atoms with E-state index in [2.05, 4.69) is 38.5 Å². The number of hydrogen-bond donors (Lipinski definition) is 3. The van der Waals surface area contributed by atoms with E-state index in [0.29, 0.717) is 40.6 Å². The Bertz CT molecular complexity index is 1650. The number of carbonyl (C=O) groups excluding carboxylic acids is 2. The maximum absolute atomic E-state index is 12.8. The second kappa shape index (κ2) is 11.1. The van der Waals surface area contributed by atoms with Gasteiger partial charge in [0.15, 0.2) is 0 Å². The molecule has 4 aromatic rings. The number of pyridine rings is 1. The van der Waals surface area contributed by atoms with Gasteiger partial charge in [0, 0.05) is 41.8 Å². The van der Waals surface area contributed by atoms with Crippen LogP contribution in [0.3, 0.4) is 0 Å². The van der Waals surface area contributed by atoms with Crippen molar-refractivity contribution in [3.63, 3.8) is 0 Å². The quantitative estimate of drug-likeness (QED) is 0.329. The monoisotopic (exact) mass is 521 g/mol. The van der Waals surface area contributed by atoms with E-state index in [1.807, 2.05) is 22.7 Å². The summed E-state index contributed by atoms with van der Waals surface area (Å²) in [5, 5.41) is 5.73. The number of anilines is 2. The van der Waals surface area contributed by atoms with Crippen molar-refractivity contribution >= 4 is 34.5 Å². The standard InChI is InChI=1S/C29H27N7O3/c1-3-4-24(37)33-21-11-9-19(10-12-21)28-35-25(26-27(30)32-15-16-36(26)28)18-5-7-20(8-6-18)29(38)34-23-17-22(39-2)13-14-31-23/h5-9,13-17,21H,10-12H2,1-2H3,(H2,30,32)(H,33,37)(H,31,34,38). The second-order valence-corrected chi connectivity index (χ2v) is 8.98. The third-order valence-corrected chi connectivity index (χ3v) is 6.48. The minimum absolute atomic E-state index is 0.0328. The highest BCUT2D eigenvalue weighted by Gasteiger charge is 2.23. The van der Waals surface area contributed by atoms with Crippen LogP contribution in [0.5, 0.6) is 5.75 Å². The number of nitrogens with two attached hydrogens (primary N) is 1. The van der Waals surface area contributed by atoms with Gasteiger partial charge in [-0.3, -0.25) is 14.0 Å². The van der Waals surface area contributed by atoms with Gasteiger partial charge in [-0.05, 0) is 55.9 Å². The fraction of sp³-hybridized carbons (Fsp3) is 0.207. The third-order valence-electron chi connectivity index (χ3n) is 6.48. The van der Waals surface area contributed by atoms with Crippen LogP contribution in [0.15, 0.2) is 61.1 Å². The van der Waals surface area contributed by atoms with Crippen LogP contribution in [0, 0.1) is 11.8 Å². The molecule has 10 heteroatoms. The fourth-order valence-corrected chi connectivity index (χ4v) is 4.57. The molecule has 5 rings (SSSR count). The zero-order valence-corrected chi connectivity index (χ0v) is 21.6. The van der Waals surface area contributed by atoms with Gasteiger partial charge in [0.25, 0.3) is 11.8 Å². The number of carbonyl (C=O) groups is 2. The molecule has 3 heterocycles. The first kappa shape index (κ1) is 25.5. The van der Waals surface area contributed by atoms with E-state index in [4.69, 9.17) is 15.5 Å². The van der Waals surface area contributed by atoms with E-state index in [0.717, 1.165) is 29.8 Å². The number of allylic oxidation sites excluding steroid dienone is 1. The number of nitrogens with one attached hydrogen (secondary N) is 2. The molecule has 39 heavy (non-hydrogen) atoms. The summed E-state index contributed by atoms with van der Waals surface area (Å²) in [4.78, 5) is 38.0. The molecule has 0 radical (unpaired) electrons. The van der Waals surface area contributed by atoms with Crippen molar-refractivity contribution in [2.24, 2.45) is 0 Å². The van der Waals surface area contributed by atoms with Gasteiger partial charge in [-0.15, -0.1) is 0 Å². The fourth-order valence-electron chi connectivity index (χ4n) is 4.57. The van der Waals surface area contributed by atoms with Crippen LogP contribution < -0.4 is 21.1 Å². The minimum atomic E-state index is -0.294. The summed E-state index contributed by atoms with van der Waals surface area (Å²) >= 11 is 0. The zero-order valence-electron chi connectivity index (χ0n) is 21.6. The van der Waals surface area contributed by atoms with Crippen LogP contribution in [-0.4, -0.2) is 44.3 Å². The summed E-state index contributed by atoms with van der Waals surface area (Å²) in [5.74, 6) is 6.72. The lowest BCUT2D eigenvalue weighted by Crippen LogP contribution is -2.34. The topological polar surface area (TPSA) is 137 Å². The van der Waals surface area contributed by atoms with E-state index in [9.17, 15) is 9.59 Å². The smallest absolute Gasteiger partial charge is 0.296 e. The third kappa shape index (κ3) is 5.43. The van der Waals surface area contributed by atoms with E-state index in [1.165, 1.54) is 0 Å². The Labute approximate surface area is 225 Å². The first-order valence-electron chi connectivity index (χ1n) is 12.4. The van der Waals surface area contributed by atoms with Crippen molar-refractivity contribution in [2.45, 2.75) is 32.2 Å². The van der Waals surface area contributed by atoms with E-state index in [1.54, 1.807) is 50.7 Å². The SMILES string of the molecule is CC#CC(=O)NC1CC=C(c2nc(-c3ccc(C(=O)Nc4cc(OC)ccn4)cc3)c3c(N)nccn23)CC1. The first-order chi connectivity index (χ1) is 19.0. The lowest BCUT2D eigenvalue weighted by atomic mass is 9.94. The number of amides is 2. The van der Waals surface area contributed by atoms with Gasteiger partial charge in [0.2, 0.25) is 0 Å². The van der Waals surface area contributed by atoms with Crippen LogP contribution >= 0.6 is 0 Å². The van der Waals surface area contributed by atoms with Gasteiger partial charge in [-0.2, -0.15) is 0 Å². The molecule has 0 aliphatic heterocycles. The number of hydrogen-bond acceptors (Lipinski definition) is 7.